The average Bonchev–Trinajstić information content (AvgIpc) is 3.29. The predicted octanol–water partition coefficient (Wildman–Crippen LogP) is 4.02. The smallest absolute Gasteiger partial charge is 0.344 e. The normalized spacial score (nSPS) is 15.5. The van der Waals surface area contributed by atoms with Crippen LogP contribution in [0.4, 0.5) is 13.2 Å². The summed E-state index contributed by atoms with van der Waals surface area (Å²) in [7, 11) is 0. The summed E-state index contributed by atoms with van der Waals surface area (Å²) in [6, 6.07) is 10.7. The fourth-order valence-corrected chi connectivity index (χ4v) is 3.54. The van der Waals surface area contributed by atoms with Crippen LogP contribution < -0.4 is 5.32 Å². The molecule has 2 aromatic heterocycles. The maximum Gasteiger partial charge on any atom is 0.433 e. The van der Waals surface area contributed by atoms with Crippen LogP contribution in [0, 0.1) is 18.3 Å². The van der Waals surface area contributed by atoms with Crippen molar-refractivity contribution in [1.82, 2.24) is 20.1 Å². The van der Waals surface area contributed by atoms with Crippen LogP contribution >= 0.6 is 0 Å². The van der Waals surface area contributed by atoms with Gasteiger partial charge in [0.15, 0.2) is 0 Å². The van der Waals surface area contributed by atoms with Crippen molar-refractivity contribution < 1.29 is 18.0 Å². The lowest BCUT2D eigenvalue weighted by Crippen LogP contribution is -2.27. The van der Waals surface area contributed by atoms with Gasteiger partial charge in [0.1, 0.15) is 5.69 Å². The first kappa shape index (κ1) is 19.6. The second-order valence-corrected chi connectivity index (χ2v) is 7.12. The number of amides is 1. The van der Waals surface area contributed by atoms with E-state index in [0.29, 0.717) is 35.3 Å². The highest BCUT2D eigenvalue weighted by Gasteiger charge is 2.33. The van der Waals surface area contributed by atoms with E-state index in [2.05, 4.69) is 15.4 Å². The van der Waals surface area contributed by atoms with Gasteiger partial charge < -0.3 is 5.32 Å². The summed E-state index contributed by atoms with van der Waals surface area (Å²) >= 11 is 0. The van der Waals surface area contributed by atoms with Gasteiger partial charge in [-0.3, -0.25) is 14.5 Å². The van der Waals surface area contributed by atoms with Crippen LogP contribution in [-0.2, 0) is 12.7 Å². The summed E-state index contributed by atoms with van der Waals surface area (Å²) in [5, 5.41) is 16.4. The van der Waals surface area contributed by atoms with Crippen molar-refractivity contribution in [3.63, 3.8) is 0 Å². The van der Waals surface area contributed by atoms with Crippen LogP contribution in [0.5, 0.6) is 0 Å². The van der Waals surface area contributed by atoms with Gasteiger partial charge in [0.25, 0.3) is 5.91 Å². The number of halogens is 3. The molecule has 1 amide bonds. The van der Waals surface area contributed by atoms with Crippen molar-refractivity contribution in [3.8, 4) is 17.3 Å². The maximum atomic E-state index is 12.9. The number of fused-ring (bicyclic) bond motifs is 1. The zero-order valence-corrected chi connectivity index (χ0v) is 15.9. The number of rotatable bonds is 3. The van der Waals surface area contributed by atoms with E-state index in [1.807, 2.05) is 6.07 Å². The first-order valence-electron chi connectivity index (χ1n) is 9.18. The Labute approximate surface area is 170 Å². The van der Waals surface area contributed by atoms with Crippen molar-refractivity contribution in [3.05, 3.63) is 70.7 Å². The second kappa shape index (κ2) is 7.30. The summed E-state index contributed by atoms with van der Waals surface area (Å²) < 4.78 is 40.5. The van der Waals surface area contributed by atoms with Crippen molar-refractivity contribution in [1.29, 1.82) is 5.26 Å². The molecular formula is C21H16F3N5O. The van der Waals surface area contributed by atoms with Gasteiger partial charge in [-0.2, -0.15) is 23.5 Å². The number of nitrogens with one attached hydrogen (secondary N) is 1. The highest BCUT2D eigenvalue weighted by Crippen LogP contribution is 2.33. The third-order valence-corrected chi connectivity index (χ3v) is 4.92. The zero-order valence-electron chi connectivity index (χ0n) is 15.9. The number of nitrogens with zero attached hydrogens (tertiary/aromatic N) is 4. The van der Waals surface area contributed by atoms with E-state index in [4.69, 9.17) is 5.26 Å². The zero-order chi connectivity index (χ0) is 21.5. The number of alkyl halides is 3. The van der Waals surface area contributed by atoms with E-state index in [-0.39, 0.29) is 11.9 Å². The Bertz CT molecular complexity index is 1180. The SMILES string of the molecule is Cc1cc(C#N)cc(C(=O)N[C@@H]2CCn3nc(-c4ccnc(C(F)(F)F)c4)cc32)c1. The van der Waals surface area contributed by atoms with Gasteiger partial charge in [-0.05, 0) is 55.3 Å². The standard InChI is InChI=1S/C21H16F3N5O/c1-12-6-13(11-25)8-15(7-12)20(30)27-16-3-5-29-18(16)10-17(28-29)14-2-4-26-19(9-14)21(22,23)24/h2,4,6-10,16H,3,5H2,1H3,(H,27,30)/t16-/m1/s1. The molecule has 0 unspecified atom stereocenters. The second-order valence-electron chi connectivity index (χ2n) is 7.12. The summed E-state index contributed by atoms with van der Waals surface area (Å²) in [6.07, 6.45) is -2.81. The Morgan fingerprint density at radius 3 is 2.80 bits per heavy atom. The molecule has 1 aromatic carbocycles. The maximum absolute atomic E-state index is 12.9. The van der Waals surface area contributed by atoms with Crippen molar-refractivity contribution in [2.75, 3.05) is 0 Å². The van der Waals surface area contributed by atoms with Crippen molar-refractivity contribution in [2.24, 2.45) is 0 Å². The molecule has 4 rings (SSSR count). The molecule has 3 heterocycles. The minimum absolute atomic E-state index is 0.307. The quantitative estimate of drug-likeness (QED) is 0.706. The van der Waals surface area contributed by atoms with Crippen LogP contribution in [0.2, 0.25) is 0 Å². The number of aryl methyl sites for hydroxylation is 2. The molecule has 1 atom stereocenters. The van der Waals surface area contributed by atoms with Gasteiger partial charge in [-0.15, -0.1) is 0 Å². The molecule has 0 fully saturated rings. The molecule has 0 bridgehead atoms. The van der Waals surface area contributed by atoms with Crippen LogP contribution in [-0.4, -0.2) is 20.7 Å². The lowest BCUT2D eigenvalue weighted by molar-refractivity contribution is -0.141. The molecule has 3 aromatic rings. The highest BCUT2D eigenvalue weighted by atomic mass is 19.4. The lowest BCUT2D eigenvalue weighted by atomic mass is 10.1. The van der Waals surface area contributed by atoms with Crippen molar-refractivity contribution >= 4 is 5.91 Å². The number of hydrogen-bond donors (Lipinski definition) is 1. The van der Waals surface area contributed by atoms with E-state index >= 15 is 0 Å². The Balaban J connectivity index is 1.58. The lowest BCUT2D eigenvalue weighted by Gasteiger charge is -2.12. The van der Waals surface area contributed by atoms with Crippen LogP contribution in [0.1, 0.15) is 45.3 Å². The molecule has 0 aliphatic carbocycles. The molecule has 152 valence electrons. The number of hydrogen-bond acceptors (Lipinski definition) is 4. The first-order valence-corrected chi connectivity index (χ1v) is 9.18. The third-order valence-electron chi connectivity index (χ3n) is 4.92. The molecule has 0 spiro atoms. The van der Waals surface area contributed by atoms with E-state index in [1.165, 1.54) is 12.1 Å². The van der Waals surface area contributed by atoms with Gasteiger partial charge in [0, 0.05) is 23.9 Å². The van der Waals surface area contributed by atoms with Crippen LogP contribution in [0.25, 0.3) is 11.3 Å². The Kier molecular flexibility index (Phi) is 4.78. The summed E-state index contributed by atoms with van der Waals surface area (Å²) in [6.45, 7) is 2.34. The van der Waals surface area contributed by atoms with Crippen molar-refractivity contribution in [2.45, 2.75) is 32.1 Å². The molecular weight excluding hydrogens is 395 g/mol. The number of benzene rings is 1. The average molecular weight is 411 g/mol. The van der Waals surface area contributed by atoms with Crippen LogP contribution in [0.3, 0.4) is 0 Å². The largest absolute Gasteiger partial charge is 0.433 e. The van der Waals surface area contributed by atoms with Gasteiger partial charge in [0.05, 0.1) is 29.1 Å². The summed E-state index contributed by atoms with van der Waals surface area (Å²) in [5.74, 6) is -0.320. The minimum atomic E-state index is -4.54. The molecule has 1 aliphatic heterocycles. The molecule has 30 heavy (non-hydrogen) atoms. The van der Waals surface area contributed by atoms with E-state index in [9.17, 15) is 18.0 Å². The highest BCUT2D eigenvalue weighted by molar-refractivity contribution is 5.95. The Hall–Kier alpha value is -3.67. The number of aromatic nitrogens is 3. The number of carbonyl (C=O) groups is 1. The Morgan fingerprint density at radius 2 is 2.07 bits per heavy atom. The van der Waals surface area contributed by atoms with Gasteiger partial charge in [-0.25, -0.2) is 0 Å². The van der Waals surface area contributed by atoms with E-state index in [0.717, 1.165) is 23.5 Å². The summed E-state index contributed by atoms with van der Waals surface area (Å²) in [4.78, 5) is 16.0. The molecule has 9 heteroatoms. The minimum Gasteiger partial charge on any atom is -0.344 e. The fraction of sp³-hybridized carbons (Fsp3) is 0.238. The van der Waals surface area contributed by atoms with E-state index in [1.54, 1.807) is 29.8 Å². The number of nitriles is 1. The van der Waals surface area contributed by atoms with Gasteiger partial charge in [-0.1, -0.05) is 0 Å². The number of pyridine rings is 1. The topological polar surface area (TPSA) is 83.6 Å². The first-order chi connectivity index (χ1) is 14.2. The molecule has 0 saturated carbocycles. The molecule has 0 radical (unpaired) electrons. The fourth-order valence-electron chi connectivity index (χ4n) is 3.54. The molecule has 1 aliphatic rings. The van der Waals surface area contributed by atoms with E-state index < -0.39 is 11.9 Å². The van der Waals surface area contributed by atoms with Gasteiger partial charge >= 0.3 is 6.18 Å². The Morgan fingerprint density at radius 1 is 1.27 bits per heavy atom. The summed E-state index contributed by atoms with van der Waals surface area (Å²) in [5.41, 5.74) is 2.02. The molecule has 0 saturated heterocycles. The van der Waals surface area contributed by atoms with Gasteiger partial charge in [0.2, 0.25) is 0 Å². The molecule has 1 N–H and O–H groups in total. The van der Waals surface area contributed by atoms with Crippen LogP contribution in [0.15, 0.2) is 42.6 Å². The molecule has 6 nitrogen and oxygen atoms in total. The monoisotopic (exact) mass is 411 g/mol. The third kappa shape index (κ3) is 3.76. The predicted molar refractivity (Wildman–Crippen MR) is 101 cm³/mol. The number of carbonyl (C=O) groups excluding carboxylic acids is 1.